The van der Waals surface area contributed by atoms with E-state index in [1.54, 1.807) is 18.3 Å². The highest BCUT2D eigenvalue weighted by Crippen LogP contribution is 2.42. The fourth-order valence-electron chi connectivity index (χ4n) is 3.79. The number of Topliss-reactive ketones (excluding diaryl/α,β-unsaturated/α-hetero) is 1. The number of nitrogens with zero attached hydrogens (tertiary/aromatic N) is 1. The van der Waals surface area contributed by atoms with E-state index in [1.165, 1.54) is 0 Å². The van der Waals surface area contributed by atoms with Crippen molar-refractivity contribution >= 4 is 17.7 Å². The van der Waals surface area contributed by atoms with Crippen molar-refractivity contribution in [2.45, 2.75) is 73.6 Å². The Balaban J connectivity index is 0.00000140. The molecule has 1 aromatic heterocycles. The van der Waals surface area contributed by atoms with Crippen LogP contribution in [0.5, 0.6) is 17.4 Å². The summed E-state index contributed by atoms with van der Waals surface area (Å²) in [6.07, 6.45) is 3.60. The molecule has 0 spiro atoms. The minimum Gasteiger partial charge on any atom is -0.493 e. The van der Waals surface area contributed by atoms with Gasteiger partial charge < -0.3 is 13.9 Å². The molecule has 4 rings (SSSR count). The normalized spacial score (nSPS) is 13.7. The van der Waals surface area contributed by atoms with E-state index < -0.39 is 0 Å². The molecular formula is C30H39NO4. The number of carbonyl (C=O) groups excluding carboxylic acids is 1. The van der Waals surface area contributed by atoms with Gasteiger partial charge in [-0.15, -0.1) is 0 Å². The lowest BCUT2D eigenvalue weighted by atomic mass is 9.79. The summed E-state index contributed by atoms with van der Waals surface area (Å²) >= 11 is 0. The van der Waals surface area contributed by atoms with Crippen molar-refractivity contribution in [1.29, 1.82) is 0 Å². The number of carbonyl (C=O) groups is 1. The van der Waals surface area contributed by atoms with Gasteiger partial charge in [-0.05, 0) is 67.5 Å². The van der Waals surface area contributed by atoms with Crippen molar-refractivity contribution in [2.75, 3.05) is 6.61 Å². The summed E-state index contributed by atoms with van der Waals surface area (Å²) in [7, 11) is 0. The van der Waals surface area contributed by atoms with Gasteiger partial charge >= 0.3 is 0 Å². The van der Waals surface area contributed by atoms with Gasteiger partial charge in [0.25, 0.3) is 5.95 Å². The number of para-hydroxylation sites is 1. The molecule has 1 aliphatic rings. The van der Waals surface area contributed by atoms with Crippen molar-refractivity contribution in [2.24, 2.45) is 4.99 Å². The number of aryl methyl sites for hydroxylation is 2. The summed E-state index contributed by atoms with van der Waals surface area (Å²) in [5.74, 6) is 2.14. The molecule has 2 heterocycles. The average Bonchev–Trinajstić information content (AvgIpc) is 3.28. The number of ether oxygens (including phenoxy) is 2. The minimum absolute atomic E-state index is 0. The Labute approximate surface area is 210 Å². The molecule has 0 amide bonds. The zero-order valence-electron chi connectivity index (χ0n) is 21.1. The number of rotatable bonds is 7. The topological polar surface area (TPSA) is 61.0 Å². The Morgan fingerprint density at radius 2 is 1.83 bits per heavy atom. The lowest BCUT2D eigenvalue weighted by Crippen LogP contribution is -2.26. The number of furan rings is 1. The van der Waals surface area contributed by atoms with Gasteiger partial charge in [-0.3, -0.25) is 9.79 Å². The molecule has 0 fully saturated rings. The summed E-state index contributed by atoms with van der Waals surface area (Å²) in [6, 6.07) is 15.3. The highest BCUT2D eigenvalue weighted by Gasteiger charge is 2.30. The Morgan fingerprint density at radius 3 is 2.57 bits per heavy atom. The number of hydrogen-bond donors (Lipinski definition) is 0. The molecule has 0 saturated heterocycles. The molecule has 0 aliphatic carbocycles. The smallest absolute Gasteiger partial charge is 0.290 e. The second-order valence-corrected chi connectivity index (χ2v) is 8.88. The number of aliphatic imine (C=N–C) groups is 1. The van der Waals surface area contributed by atoms with E-state index in [1.807, 2.05) is 64.1 Å². The van der Waals surface area contributed by atoms with E-state index in [-0.39, 0.29) is 18.6 Å². The Kier molecular flexibility index (Phi) is 9.88. The third kappa shape index (κ3) is 6.84. The number of fused-ring (bicyclic) bond motifs is 1. The first-order valence-corrected chi connectivity index (χ1v) is 12.0. The van der Waals surface area contributed by atoms with Gasteiger partial charge in [-0.2, -0.15) is 0 Å². The Bertz CT molecular complexity index is 1160. The van der Waals surface area contributed by atoms with Crippen molar-refractivity contribution < 1.29 is 18.7 Å². The summed E-state index contributed by atoms with van der Waals surface area (Å²) in [6.45, 7) is 13.1. The minimum atomic E-state index is -0.0761. The SMILES string of the molecule is C.CC.Cc1ccccc1N=CCCC(=O)c1ccc(Oc2cc3c(cc2C)OCCC3(C)C)o1. The Morgan fingerprint density at radius 1 is 1.09 bits per heavy atom. The van der Waals surface area contributed by atoms with Crippen LogP contribution >= 0.6 is 0 Å². The average molecular weight is 478 g/mol. The first kappa shape index (κ1) is 27.9. The fraction of sp³-hybridized carbons (Fsp3) is 0.400. The zero-order chi connectivity index (χ0) is 24.7. The zero-order valence-corrected chi connectivity index (χ0v) is 21.1. The van der Waals surface area contributed by atoms with Crippen LogP contribution in [0.3, 0.4) is 0 Å². The van der Waals surface area contributed by atoms with E-state index in [9.17, 15) is 4.79 Å². The highest BCUT2D eigenvalue weighted by atomic mass is 16.6. The van der Waals surface area contributed by atoms with Crippen LogP contribution in [0.2, 0.25) is 0 Å². The summed E-state index contributed by atoms with van der Waals surface area (Å²) in [5, 5.41) is 0. The van der Waals surface area contributed by atoms with Crippen molar-refractivity contribution in [3.05, 3.63) is 71.0 Å². The maximum Gasteiger partial charge on any atom is 0.290 e. The van der Waals surface area contributed by atoms with Crippen LogP contribution in [-0.4, -0.2) is 18.6 Å². The lowest BCUT2D eigenvalue weighted by Gasteiger charge is -2.33. The van der Waals surface area contributed by atoms with Crippen LogP contribution < -0.4 is 9.47 Å². The molecule has 0 unspecified atom stereocenters. The second kappa shape index (κ2) is 12.4. The van der Waals surface area contributed by atoms with Gasteiger partial charge in [0.2, 0.25) is 0 Å². The molecule has 1 aliphatic heterocycles. The third-order valence-electron chi connectivity index (χ3n) is 5.90. The van der Waals surface area contributed by atoms with E-state index in [0.29, 0.717) is 30.3 Å². The first-order chi connectivity index (χ1) is 16.3. The molecule has 3 aromatic rings. The van der Waals surface area contributed by atoms with Gasteiger partial charge in [-0.1, -0.05) is 53.3 Å². The van der Waals surface area contributed by atoms with E-state index >= 15 is 0 Å². The largest absolute Gasteiger partial charge is 0.493 e. The maximum absolute atomic E-state index is 12.5. The van der Waals surface area contributed by atoms with E-state index in [4.69, 9.17) is 13.9 Å². The summed E-state index contributed by atoms with van der Waals surface area (Å²) in [5.41, 5.74) is 4.13. The quantitative estimate of drug-likeness (QED) is 0.252. The summed E-state index contributed by atoms with van der Waals surface area (Å²) in [4.78, 5) is 17.0. The molecule has 2 aromatic carbocycles. The van der Waals surface area contributed by atoms with Crippen LogP contribution in [-0.2, 0) is 5.41 Å². The van der Waals surface area contributed by atoms with Crippen LogP contribution in [0.25, 0.3) is 0 Å². The van der Waals surface area contributed by atoms with Gasteiger partial charge in [0.05, 0.1) is 12.3 Å². The molecule has 5 nitrogen and oxygen atoms in total. The highest BCUT2D eigenvalue weighted by molar-refractivity contribution is 5.94. The molecule has 0 bridgehead atoms. The first-order valence-electron chi connectivity index (χ1n) is 12.0. The third-order valence-corrected chi connectivity index (χ3v) is 5.90. The molecule has 0 atom stereocenters. The molecule has 188 valence electrons. The van der Waals surface area contributed by atoms with Gasteiger partial charge in [0.15, 0.2) is 11.5 Å². The number of hydrogen-bond acceptors (Lipinski definition) is 5. The Hall–Kier alpha value is -3.34. The van der Waals surface area contributed by atoms with Crippen molar-refractivity contribution in [3.8, 4) is 17.4 Å². The molecule has 5 heteroatoms. The predicted molar refractivity (Wildman–Crippen MR) is 144 cm³/mol. The standard InChI is InChI=1S/C27H29NO4.C2H6.CH4/c1-18-8-5-6-9-21(18)28-14-7-10-22(29)23-11-12-26(31-23)32-24-17-20-25(16-19(24)2)30-15-13-27(20,3)4;1-2;/h5-6,8-9,11-12,14,16-17H,7,10,13,15H2,1-4H3;1-2H3;1H4. The molecule has 35 heavy (non-hydrogen) atoms. The maximum atomic E-state index is 12.5. The van der Waals surface area contributed by atoms with Crippen LogP contribution in [0.1, 0.15) is 81.6 Å². The molecule has 0 radical (unpaired) electrons. The van der Waals surface area contributed by atoms with Gasteiger partial charge in [-0.25, -0.2) is 0 Å². The van der Waals surface area contributed by atoms with Crippen LogP contribution in [0.15, 0.2) is 57.9 Å². The van der Waals surface area contributed by atoms with E-state index in [2.05, 4.69) is 18.8 Å². The van der Waals surface area contributed by atoms with Crippen LogP contribution in [0.4, 0.5) is 5.69 Å². The van der Waals surface area contributed by atoms with Gasteiger partial charge in [0, 0.05) is 24.3 Å². The number of benzene rings is 2. The summed E-state index contributed by atoms with van der Waals surface area (Å²) < 4.78 is 17.5. The van der Waals surface area contributed by atoms with E-state index in [0.717, 1.165) is 41.2 Å². The molecule has 0 saturated carbocycles. The molecule has 0 N–H and O–H groups in total. The lowest BCUT2D eigenvalue weighted by molar-refractivity contribution is 0.0953. The monoisotopic (exact) mass is 477 g/mol. The van der Waals surface area contributed by atoms with Crippen molar-refractivity contribution in [1.82, 2.24) is 0 Å². The molecular weight excluding hydrogens is 438 g/mol. The second-order valence-electron chi connectivity index (χ2n) is 8.88. The fourth-order valence-corrected chi connectivity index (χ4v) is 3.79. The van der Waals surface area contributed by atoms with Crippen molar-refractivity contribution in [3.63, 3.8) is 0 Å². The predicted octanol–water partition coefficient (Wildman–Crippen LogP) is 8.78. The van der Waals surface area contributed by atoms with Crippen LogP contribution in [0, 0.1) is 13.8 Å². The number of ketones is 1. The van der Waals surface area contributed by atoms with Gasteiger partial charge in [0.1, 0.15) is 11.5 Å².